The summed E-state index contributed by atoms with van der Waals surface area (Å²) in [4.78, 5) is 10.6. The highest BCUT2D eigenvalue weighted by Crippen LogP contribution is 2.22. The number of nitrogens with one attached hydrogen (secondary N) is 1. The largest absolute Gasteiger partial charge is 0.381 e. The van der Waals surface area contributed by atoms with E-state index in [1.807, 2.05) is 12.1 Å². The Morgan fingerprint density at radius 2 is 2.21 bits per heavy atom. The van der Waals surface area contributed by atoms with Crippen LogP contribution in [0.4, 0.5) is 5.69 Å². The third-order valence-electron chi connectivity index (χ3n) is 3.73. The molecule has 104 valence electrons. The Morgan fingerprint density at radius 3 is 2.89 bits per heavy atom. The van der Waals surface area contributed by atoms with Gasteiger partial charge in [0.25, 0.3) is 5.69 Å². The van der Waals surface area contributed by atoms with Crippen molar-refractivity contribution < 1.29 is 9.66 Å². The van der Waals surface area contributed by atoms with Gasteiger partial charge in [0, 0.05) is 24.8 Å². The van der Waals surface area contributed by atoms with Crippen molar-refractivity contribution in [2.45, 2.75) is 37.8 Å². The van der Waals surface area contributed by atoms with Crippen LogP contribution >= 0.6 is 0 Å². The fourth-order valence-corrected chi connectivity index (χ4v) is 2.65. The molecule has 2 rings (SSSR count). The van der Waals surface area contributed by atoms with Gasteiger partial charge in [0.2, 0.25) is 0 Å². The van der Waals surface area contributed by atoms with Crippen molar-refractivity contribution in [3.05, 3.63) is 39.9 Å². The van der Waals surface area contributed by atoms with Crippen molar-refractivity contribution in [3.8, 4) is 0 Å². The van der Waals surface area contributed by atoms with Crippen molar-refractivity contribution in [3.63, 3.8) is 0 Å². The highest BCUT2D eigenvalue weighted by molar-refractivity contribution is 5.39. The molecule has 5 heteroatoms. The zero-order valence-corrected chi connectivity index (χ0v) is 11.2. The van der Waals surface area contributed by atoms with Gasteiger partial charge in [-0.3, -0.25) is 10.1 Å². The SMILES string of the molecule is COC1CCC(NCCc2ccccc2[N+](=O)[O-])C1. The molecule has 2 unspecified atom stereocenters. The molecule has 0 aliphatic heterocycles. The number of nitro groups is 1. The van der Waals surface area contributed by atoms with E-state index in [0.717, 1.165) is 31.4 Å². The summed E-state index contributed by atoms with van der Waals surface area (Å²) in [6.07, 6.45) is 4.30. The zero-order valence-electron chi connectivity index (χ0n) is 11.2. The van der Waals surface area contributed by atoms with E-state index in [4.69, 9.17) is 4.74 Å². The molecule has 5 nitrogen and oxygen atoms in total. The fraction of sp³-hybridized carbons (Fsp3) is 0.571. The number of ether oxygens (including phenoxy) is 1. The average molecular weight is 264 g/mol. The normalized spacial score (nSPS) is 22.6. The smallest absolute Gasteiger partial charge is 0.272 e. The van der Waals surface area contributed by atoms with E-state index in [-0.39, 0.29) is 10.6 Å². The highest BCUT2D eigenvalue weighted by atomic mass is 16.6. The number of nitrogens with zero attached hydrogens (tertiary/aromatic N) is 1. The minimum atomic E-state index is -0.314. The van der Waals surface area contributed by atoms with Crippen LogP contribution in [0, 0.1) is 10.1 Å². The van der Waals surface area contributed by atoms with Gasteiger partial charge in [-0.15, -0.1) is 0 Å². The van der Waals surface area contributed by atoms with Crippen molar-refractivity contribution >= 4 is 5.69 Å². The molecule has 1 aliphatic carbocycles. The van der Waals surface area contributed by atoms with Crippen LogP contribution in [0.25, 0.3) is 0 Å². The first kappa shape index (κ1) is 14.0. The Hall–Kier alpha value is -1.46. The summed E-state index contributed by atoms with van der Waals surface area (Å²) in [5.74, 6) is 0. The van der Waals surface area contributed by atoms with E-state index in [0.29, 0.717) is 18.6 Å². The second-order valence-electron chi connectivity index (χ2n) is 4.96. The number of para-hydroxylation sites is 1. The summed E-state index contributed by atoms with van der Waals surface area (Å²) in [7, 11) is 1.75. The van der Waals surface area contributed by atoms with Crippen LogP contribution in [0.2, 0.25) is 0 Å². The predicted octanol–water partition coefficient (Wildman–Crippen LogP) is 2.29. The molecule has 1 N–H and O–H groups in total. The Morgan fingerprint density at radius 1 is 1.42 bits per heavy atom. The topological polar surface area (TPSA) is 64.4 Å². The Labute approximate surface area is 113 Å². The minimum absolute atomic E-state index is 0.213. The lowest BCUT2D eigenvalue weighted by molar-refractivity contribution is -0.385. The van der Waals surface area contributed by atoms with Crippen LogP contribution in [0.3, 0.4) is 0 Å². The number of hydrogen-bond acceptors (Lipinski definition) is 4. The van der Waals surface area contributed by atoms with E-state index < -0.39 is 0 Å². The summed E-state index contributed by atoms with van der Waals surface area (Å²) >= 11 is 0. The molecular formula is C14H20N2O3. The Kier molecular flexibility index (Phi) is 4.87. The molecule has 1 aliphatic rings. The monoisotopic (exact) mass is 264 g/mol. The maximum absolute atomic E-state index is 10.9. The molecule has 0 radical (unpaired) electrons. The molecular weight excluding hydrogens is 244 g/mol. The molecule has 1 aromatic carbocycles. The van der Waals surface area contributed by atoms with Gasteiger partial charge in [-0.25, -0.2) is 0 Å². The number of hydrogen-bond donors (Lipinski definition) is 1. The first-order valence-corrected chi connectivity index (χ1v) is 6.69. The summed E-state index contributed by atoms with van der Waals surface area (Å²) < 4.78 is 5.33. The number of rotatable bonds is 6. The van der Waals surface area contributed by atoms with Gasteiger partial charge in [0.15, 0.2) is 0 Å². The number of benzene rings is 1. The van der Waals surface area contributed by atoms with E-state index in [2.05, 4.69) is 5.32 Å². The van der Waals surface area contributed by atoms with E-state index in [9.17, 15) is 10.1 Å². The van der Waals surface area contributed by atoms with Crippen LogP contribution in [-0.2, 0) is 11.2 Å². The molecule has 0 bridgehead atoms. The standard InChI is InChI=1S/C14H20N2O3/c1-19-13-7-6-12(10-13)15-9-8-11-4-2-3-5-14(11)16(17)18/h2-5,12-13,15H,6-10H2,1H3. The van der Waals surface area contributed by atoms with Gasteiger partial charge < -0.3 is 10.1 Å². The number of nitro benzene ring substituents is 1. The summed E-state index contributed by atoms with van der Waals surface area (Å²) in [6.45, 7) is 0.770. The van der Waals surface area contributed by atoms with Gasteiger partial charge in [0.05, 0.1) is 11.0 Å². The van der Waals surface area contributed by atoms with E-state index in [1.54, 1.807) is 19.2 Å². The molecule has 0 heterocycles. The maximum atomic E-state index is 10.9. The lowest BCUT2D eigenvalue weighted by Gasteiger charge is -2.12. The average Bonchev–Trinajstić information content (AvgIpc) is 2.87. The summed E-state index contributed by atoms with van der Waals surface area (Å²) in [5, 5.41) is 14.3. The van der Waals surface area contributed by atoms with Crippen molar-refractivity contribution in [1.29, 1.82) is 0 Å². The predicted molar refractivity (Wildman–Crippen MR) is 73.2 cm³/mol. The molecule has 1 aromatic rings. The lowest BCUT2D eigenvalue weighted by Crippen LogP contribution is -2.29. The highest BCUT2D eigenvalue weighted by Gasteiger charge is 2.23. The summed E-state index contributed by atoms with van der Waals surface area (Å²) in [6, 6.07) is 7.42. The first-order valence-electron chi connectivity index (χ1n) is 6.69. The van der Waals surface area contributed by atoms with E-state index >= 15 is 0 Å². The molecule has 1 saturated carbocycles. The second kappa shape index (κ2) is 6.63. The van der Waals surface area contributed by atoms with Crippen LogP contribution in [0.5, 0.6) is 0 Å². The van der Waals surface area contributed by atoms with Crippen molar-refractivity contribution in [2.24, 2.45) is 0 Å². The molecule has 2 atom stereocenters. The van der Waals surface area contributed by atoms with Gasteiger partial charge >= 0.3 is 0 Å². The zero-order chi connectivity index (χ0) is 13.7. The molecule has 19 heavy (non-hydrogen) atoms. The number of methoxy groups -OCH3 is 1. The third kappa shape index (κ3) is 3.75. The van der Waals surface area contributed by atoms with Crippen LogP contribution < -0.4 is 5.32 Å². The molecule has 0 saturated heterocycles. The molecule has 1 fully saturated rings. The minimum Gasteiger partial charge on any atom is -0.381 e. The molecule has 0 aromatic heterocycles. The maximum Gasteiger partial charge on any atom is 0.272 e. The lowest BCUT2D eigenvalue weighted by atomic mass is 10.1. The Balaban J connectivity index is 1.82. The van der Waals surface area contributed by atoms with Crippen molar-refractivity contribution in [1.82, 2.24) is 5.32 Å². The van der Waals surface area contributed by atoms with E-state index in [1.165, 1.54) is 0 Å². The van der Waals surface area contributed by atoms with Gasteiger partial charge in [0.1, 0.15) is 0 Å². The van der Waals surface area contributed by atoms with Gasteiger partial charge in [-0.1, -0.05) is 18.2 Å². The van der Waals surface area contributed by atoms with Crippen molar-refractivity contribution in [2.75, 3.05) is 13.7 Å². The quantitative estimate of drug-likeness (QED) is 0.632. The first-order chi connectivity index (χ1) is 9.20. The van der Waals surface area contributed by atoms with Crippen LogP contribution in [0.15, 0.2) is 24.3 Å². The van der Waals surface area contributed by atoms with Gasteiger partial charge in [-0.2, -0.15) is 0 Å². The van der Waals surface area contributed by atoms with Crippen LogP contribution in [-0.4, -0.2) is 30.7 Å². The summed E-state index contributed by atoms with van der Waals surface area (Å²) in [5.41, 5.74) is 1.01. The molecule has 0 spiro atoms. The van der Waals surface area contributed by atoms with Gasteiger partial charge in [-0.05, 0) is 32.2 Å². The molecule has 0 amide bonds. The Bertz CT molecular complexity index is 436. The second-order valence-corrected chi connectivity index (χ2v) is 4.96. The van der Waals surface area contributed by atoms with Crippen LogP contribution in [0.1, 0.15) is 24.8 Å². The fourth-order valence-electron chi connectivity index (χ4n) is 2.65. The third-order valence-corrected chi connectivity index (χ3v) is 3.73.